The van der Waals surface area contributed by atoms with Crippen LogP contribution in [0.15, 0.2) is 0 Å². The first-order valence-corrected chi connectivity index (χ1v) is 9.03. The zero-order chi connectivity index (χ0) is 16.4. The molecule has 0 spiro atoms. The molecule has 2 aliphatic rings. The first-order chi connectivity index (χ1) is 11.1. The van der Waals surface area contributed by atoms with Crippen LogP contribution in [-0.2, 0) is 9.53 Å². The van der Waals surface area contributed by atoms with Gasteiger partial charge in [-0.3, -0.25) is 9.89 Å². The van der Waals surface area contributed by atoms with E-state index in [9.17, 15) is 4.79 Å². The van der Waals surface area contributed by atoms with Crippen molar-refractivity contribution in [2.24, 2.45) is 0 Å². The Morgan fingerprint density at radius 1 is 1.35 bits per heavy atom. The van der Waals surface area contributed by atoms with Crippen LogP contribution >= 0.6 is 12.2 Å². The van der Waals surface area contributed by atoms with Crippen LogP contribution in [0.25, 0.3) is 0 Å². The second kappa shape index (κ2) is 7.13. The van der Waals surface area contributed by atoms with E-state index in [2.05, 4.69) is 14.8 Å². The van der Waals surface area contributed by atoms with Gasteiger partial charge in [-0.25, -0.2) is 0 Å². The van der Waals surface area contributed by atoms with Gasteiger partial charge in [-0.05, 0) is 51.7 Å². The lowest BCUT2D eigenvalue weighted by Crippen LogP contribution is -2.38. The van der Waals surface area contributed by atoms with Crippen molar-refractivity contribution >= 4 is 18.1 Å². The number of amides is 1. The Labute approximate surface area is 142 Å². The quantitative estimate of drug-likeness (QED) is 0.810. The molecular formula is C16H26N4O2S. The molecule has 1 amide bonds. The Morgan fingerprint density at radius 2 is 2.04 bits per heavy atom. The van der Waals surface area contributed by atoms with Gasteiger partial charge in [0.15, 0.2) is 4.77 Å². The number of nitrogens with one attached hydrogen (secondary N) is 1. The Morgan fingerprint density at radius 3 is 2.65 bits per heavy atom. The molecule has 6 nitrogen and oxygen atoms in total. The third-order valence-electron chi connectivity index (χ3n) is 4.62. The largest absolute Gasteiger partial charge is 0.378 e. The Bertz CT molecular complexity index is 597. The van der Waals surface area contributed by atoms with E-state index in [1.165, 1.54) is 12.8 Å². The molecule has 0 atom stereocenters. The number of aromatic nitrogens is 3. The summed E-state index contributed by atoms with van der Waals surface area (Å²) in [7, 11) is 0. The number of aromatic amines is 1. The van der Waals surface area contributed by atoms with E-state index in [-0.39, 0.29) is 12.0 Å². The number of rotatable bonds is 6. The molecule has 23 heavy (non-hydrogen) atoms. The summed E-state index contributed by atoms with van der Waals surface area (Å²) in [5.41, 5.74) is 0. The Balaban J connectivity index is 1.52. The van der Waals surface area contributed by atoms with E-state index < -0.39 is 0 Å². The number of carbonyl (C=O) groups is 1. The summed E-state index contributed by atoms with van der Waals surface area (Å²) in [6.07, 6.45) is 4.98. The summed E-state index contributed by atoms with van der Waals surface area (Å²) in [6.45, 7) is 6.09. The van der Waals surface area contributed by atoms with Crippen molar-refractivity contribution in [3.05, 3.63) is 10.6 Å². The summed E-state index contributed by atoms with van der Waals surface area (Å²) >= 11 is 5.36. The molecule has 1 N–H and O–H groups in total. The van der Waals surface area contributed by atoms with E-state index in [1.807, 2.05) is 18.7 Å². The fourth-order valence-electron chi connectivity index (χ4n) is 3.22. The fourth-order valence-corrected chi connectivity index (χ4v) is 3.51. The number of nitrogens with zero attached hydrogens (tertiary/aromatic N) is 3. The number of piperidine rings is 1. The maximum Gasteiger partial charge on any atom is 0.224 e. The lowest BCUT2D eigenvalue weighted by atomic mass is 9.95. The van der Waals surface area contributed by atoms with Crippen LogP contribution in [0, 0.1) is 4.77 Å². The summed E-state index contributed by atoms with van der Waals surface area (Å²) in [5.74, 6) is 1.69. The Kier molecular flexibility index (Phi) is 5.16. The minimum absolute atomic E-state index is 0.179. The fraction of sp³-hybridized carbons (Fsp3) is 0.812. The molecule has 0 aromatic carbocycles. The molecule has 1 saturated carbocycles. The van der Waals surface area contributed by atoms with Gasteiger partial charge in [-0.1, -0.05) is 0 Å². The number of likely N-dealkylation sites (tertiary alicyclic amines) is 1. The van der Waals surface area contributed by atoms with Gasteiger partial charge in [0, 0.05) is 25.0 Å². The minimum atomic E-state index is 0.179. The molecule has 2 heterocycles. The van der Waals surface area contributed by atoms with Crippen molar-refractivity contribution < 1.29 is 9.53 Å². The standard InChI is InChI=1S/C16H26N4O2S/c1-11(2)22-10-7-14(21)19-8-5-12(6-9-19)15-17-18-16(23)20(15)13-3-4-13/h11-13H,3-10H2,1-2H3,(H,18,23). The second-order valence-corrected chi connectivity index (χ2v) is 7.20. The highest BCUT2D eigenvalue weighted by atomic mass is 32.1. The normalized spacial score (nSPS) is 19.5. The highest BCUT2D eigenvalue weighted by Gasteiger charge is 2.32. The topological polar surface area (TPSA) is 63.1 Å². The van der Waals surface area contributed by atoms with Crippen LogP contribution < -0.4 is 0 Å². The predicted molar refractivity (Wildman–Crippen MR) is 89.9 cm³/mol. The van der Waals surface area contributed by atoms with Gasteiger partial charge >= 0.3 is 0 Å². The van der Waals surface area contributed by atoms with Crippen LogP contribution in [0.2, 0.25) is 0 Å². The van der Waals surface area contributed by atoms with Crippen molar-refractivity contribution in [3.8, 4) is 0 Å². The van der Waals surface area contributed by atoms with Gasteiger partial charge in [0.25, 0.3) is 0 Å². The summed E-state index contributed by atoms with van der Waals surface area (Å²) in [5, 5.41) is 7.41. The molecule has 3 rings (SSSR count). The number of H-pyrrole nitrogens is 1. The van der Waals surface area contributed by atoms with Crippen LogP contribution in [0.4, 0.5) is 0 Å². The summed E-state index contributed by atoms with van der Waals surface area (Å²) in [6, 6.07) is 0.545. The van der Waals surface area contributed by atoms with Crippen LogP contribution in [0.3, 0.4) is 0 Å². The maximum atomic E-state index is 12.2. The molecule has 128 valence electrons. The molecule has 2 fully saturated rings. The molecular weight excluding hydrogens is 312 g/mol. The minimum Gasteiger partial charge on any atom is -0.378 e. The highest BCUT2D eigenvalue weighted by Crippen LogP contribution is 2.38. The lowest BCUT2D eigenvalue weighted by Gasteiger charge is -2.31. The molecule has 0 unspecified atom stereocenters. The molecule has 7 heteroatoms. The molecule has 1 aromatic rings. The van der Waals surface area contributed by atoms with E-state index in [0.717, 1.165) is 36.5 Å². The van der Waals surface area contributed by atoms with E-state index in [0.29, 0.717) is 25.0 Å². The monoisotopic (exact) mass is 338 g/mol. The Hall–Kier alpha value is -1.21. The van der Waals surface area contributed by atoms with Crippen molar-refractivity contribution in [2.45, 2.75) is 64.0 Å². The van der Waals surface area contributed by atoms with Crippen molar-refractivity contribution in [3.63, 3.8) is 0 Å². The molecule has 1 aromatic heterocycles. The van der Waals surface area contributed by atoms with Gasteiger partial charge in [-0.15, -0.1) is 0 Å². The van der Waals surface area contributed by atoms with Crippen LogP contribution in [0.1, 0.15) is 63.7 Å². The smallest absolute Gasteiger partial charge is 0.224 e. The van der Waals surface area contributed by atoms with Crippen molar-refractivity contribution in [2.75, 3.05) is 19.7 Å². The van der Waals surface area contributed by atoms with Gasteiger partial charge in [0.2, 0.25) is 5.91 Å². The van der Waals surface area contributed by atoms with E-state index in [4.69, 9.17) is 17.0 Å². The predicted octanol–water partition coefficient (Wildman–Crippen LogP) is 2.80. The SMILES string of the molecule is CC(C)OCCC(=O)N1CCC(c2n[nH]c(=S)n2C2CC2)CC1. The number of ether oxygens (including phenoxy) is 1. The third kappa shape index (κ3) is 4.01. The summed E-state index contributed by atoms with van der Waals surface area (Å²) in [4.78, 5) is 14.2. The van der Waals surface area contributed by atoms with Crippen molar-refractivity contribution in [1.29, 1.82) is 0 Å². The third-order valence-corrected chi connectivity index (χ3v) is 4.91. The average Bonchev–Trinajstić information content (AvgIpc) is 3.29. The van der Waals surface area contributed by atoms with E-state index in [1.54, 1.807) is 0 Å². The van der Waals surface area contributed by atoms with Gasteiger partial charge in [0.1, 0.15) is 5.82 Å². The van der Waals surface area contributed by atoms with Gasteiger partial charge in [0.05, 0.1) is 19.1 Å². The van der Waals surface area contributed by atoms with Gasteiger partial charge in [-0.2, -0.15) is 5.10 Å². The molecule has 1 aliphatic carbocycles. The lowest BCUT2D eigenvalue weighted by molar-refractivity contribution is -0.133. The van der Waals surface area contributed by atoms with Gasteiger partial charge < -0.3 is 14.2 Å². The van der Waals surface area contributed by atoms with Crippen LogP contribution in [-0.4, -0.2) is 51.4 Å². The van der Waals surface area contributed by atoms with E-state index >= 15 is 0 Å². The molecule has 0 bridgehead atoms. The average molecular weight is 338 g/mol. The first-order valence-electron chi connectivity index (χ1n) is 8.62. The molecule has 1 aliphatic heterocycles. The highest BCUT2D eigenvalue weighted by molar-refractivity contribution is 7.71. The maximum absolute atomic E-state index is 12.2. The number of hydrogen-bond acceptors (Lipinski definition) is 4. The zero-order valence-corrected chi connectivity index (χ0v) is 14.8. The van der Waals surface area contributed by atoms with Crippen molar-refractivity contribution in [1.82, 2.24) is 19.7 Å². The summed E-state index contributed by atoms with van der Waals surface area (Å²) < 4.78 is 8.41. The number of hydrogen-bond donors (Lipinski definition) is 1. The second-order valence-electron chi connectivity index (χ2n) is 6.81. The first kappa shape index (κ1) is 16.6. The zero-order valence-electron chi connectivity index (χ0n) is 14.0. The van der Waals surface area contributed by atoms with Crippen LogP contribution in [0.5, 0.6) is 0 Å². The number of carbonyl (C=O) groups excluding carboxylic acids is 1. The molecule has 0 radical (unpaired) electrons. The molecule has 1 saturated heterocycles.